The number of hydrogen-bond donors (Lipinski definition) is 3. The Balaban J connectivity index is 1.31. The first-order valence-electron chi connectivity index (χ1n) is 14.1. The molecule has 0 unspecified atom stereocenters. The second kappa shape index (κ2) is 11.7. The number of fused-ring (bicyclic) bond motifs is 1. The topological polar surface area (TPSA) is 99.5 Å². The number of carboxylic acids is 1. The van der Waals surface area contributed by atoms with Crippen LogP contribution in [0.4, 0.5) is 5.69 Å². The van der Waals surface area contributed by atoms with Crippen molar-refractivity contribution in [2.75, 3.05) is 11.9 Å². The van der Waals surface area contributed by atoms with E-state index in [-0.39, 0.29) is 30.0 Å². The lowest BCUT2D eigenvalue weighted by molar-refractivity contribution is -0.116. The Morgan fingerprint density at radius 2 is 1.72 bits per heavy atom. The van der Waals surface area contributed by atoms with Crippen LogP contribution in [0.1, 0.15) is 51.5 Å². The number of benzene rings is 3. The van der Waals surface area contributed by atoms with E-state index in [0.717, 1.165) is 44.8 Å². The zero-order valence-electron chi connectivity index (χ0n) is 23.8. The normalized spacial score (nSPS) is 16.3. The van der Waals surface area contributed by atoms with E-state index < -0.39 is 5.97 Å². The van der Waals surface area contributed by atoms with Gasteiger partial charge >= 0.3 is 5.97 Å². The first-order valence-corrected chi connectivity index (χ1v) is 14.5. The zero-order chi connectivity index (χ0) is 30.1. The van der Waals surface area contributed by atoms with Gasteiger partial charge in [0, 0.05) is 47.3 Å². The summed E-state index contributed by atoms with van der Waals surface area (Å²) in [4.78, 5) is 31.4. The molecule has 1 aliphatic rings. The Kier molecular flexibility index (Phi) is 7.65. The number of aromatic nitrogens is 2. The molecule has 1 amide bonds. The van der Waals surface area contributed by atoms with E-state index in [0.29, 0.717) is 11.7 Å². The highest BCUT2D eigenvalue weighted by molar-refractivity contribution is 7.80. The van der Waals surface area contributed by atoms with Crippen molar-refractivity contribution >= 4 is 45.7 Å². The number of carbonyl (C=O) groups is 2. The molecule has 3 aromatic carbocycles. The quantitative estimate of drug-likeness (QED) is 0.182. The van der Waals surface area contributed by atoms with Gasteiger partial charge in [0.15, 0.2) is 5.11 Å². The number of anilines is 1. The van der Waals surface area contributed by atoms with Crippen molar-refractivity contribution in [1.82, 2.24) is 19.8 Å². The highest BCUT2D eigenvalue weighted by Gasteiger charge is 2.41. The molecule has 2 atom stereocenters. The molecular weight excluding hydrogens is 558 g/mol. The summed E-state index contributed by atoms with van der Waals surface area (Å²) in [5, 5.41) is 18.5. The highest BCUT2D eigenvalue weighted by atomic mass is 32.1. The minimum absolute atomic E-state index is 0.0943. The molecule has 0 aliphatic carbocycles. The van der Waals surface area contributed by atoms with Crippen molar-refractivity contribution in [3.05, 3.63) is 125 Å². The van der Waals surface area contributed by atoms with E-state index in [9.17, 15) is 14.7 Å². The Morgan fingerprint density at radius 1 is 0.977 bits per heavy atom. The summed E-state index contributed by atoms with van der Waals surface area (Å²) in [6, 6.07) is 28.2. The summed E-state index contributed by atoms with van der Waals surface area (Å²) in [7, 11) is 0. The fourth-order valence-electron chi connectivity index (χ4n) is 5.99. The van der Waals surface area contributed by atoms with Gasteiger partial charge in [-0.25, -0.2) is 4.79 Å². The summed E-state index contributed by atoms with van der Waals surface area (Å²) >= 11 is 5.85. The van der Waals surface area contributed by atoms with Crippen LogP contribution in [-0.2, 0) is 4.79 Å². The maximum absolute atomic E-state index is 13.2. The lowest BCUT2D eigenvalue weighted by Crippen LogP contribution is -2.33. The molecule has 0 spiro atoms. The van der Waals surface area contributed by atoms with Gasteiger partial charge in [0.05, 0.1) is 23.3 Å². The summed E-state index contributed by atoms with van der Waals surface area (Å²) in [6.45, 7) is 4.49. The van der Waals surface area contributed by atoms with Crippen molar-refractivity contribution < 1.29 is 14.7 Å². The lowest BCUT2D eigenvalue weighted by atomic mass is 9.96. The van der Waals surface area contributed by atoms with E-state index in [2.05, 4.69) is 38.1 Å². The first-order chi connectivity index (χ1) is 20.8. The van der Waals surface area contributed by atoms with Gasteiger partial charge in [0.1, 0.15) is 0 Å². The largest absolute Gasteiger partial charge is 0.478 e. The Morgan fingerprint density at radius 3 is 2.47 bits per heavy atom. The predicted molar refractivity (Wildman–Crippen MR) is 172 cm³/mol. The standard InChI is InChI=1S/C34H31N5O3S/c1-21-20-27(22(2)39(21)25-15-13-24(14-16-25)33(41)42)32-31(29-11-5-6-18-35-29)37-34(43)38(32)19-17-30(40)36-28-12-7-9-23-8-3-4-10-26(23)28/h3-16,18,20,31-32H,17,19H2,1-2H3,(H,36,40)(H,37,43)(H,41,42)/t31-,32+/m0/s1. The summed E-state index contributed by atoms with van der Waals surface area (Å²) in [5.74, 6) is -1.06. The number of amides is 1. The van der Waals surface area contributed by atoms with Gasteiger partial charge in [-0.05, 0) is 85.5 Å². The Labute approximate surface area is 255 Å². The number of carboxylic acid groups (broad SMARTS) is 1. The molecule has 8 nitrogen and oxygen atoms in total. The molecule has 216 valence electrons. The number of nitrogens with one attached hydrogen (secondary N) is 2. The summed E-state index contributed by atoms with van der Waals surface area (Å²) in [5.41, 5.74) is 5.80. The van der Waals surface area contributed by atoms with E-state index in [1.807, 2.05) is 79.7 Å². The number of carbonyl (C=O) groups excluding carboxylic acids is 1. The average molecular weight is 590 g/mol. The molecule has 5 aromatic rings. The fourth-order valence-corrected chi connectivity index (χ4v) is 6.32. The Bertz CT molecular complexity index is 1830. The molecule has 1 aliphatic heterocycles. The molecule has 6 rings (SSSR count). The second-order valence-corrected chi connectivity index (χ2v) is 11.0. The molecule has 0 saturated carbocycles. The van der Waals surface area contributed by atoms with Crippen LogP contribution in [-0.4, -0.2) is 43.1 Å². The van der Waals surface area contributed by atoms with Crippen LogP contribution < -0.4 is 10.6 Å². The molecular formula is C34H31N5O3S. The molecule has 3 heterocycles. The molecule has 3 N–H and O–H groups in total. The van der Waals surface area contributed by atoms with Gasteiger partial charge in [-0.1, -0.05) is 42.5 Å². The fraction of sp³-hybridized carbons (Fsp3) is 0.176. The van der Waals surface area contributed by atoms with Gasteiger partial charge < -0.3 is 25.2 Å². The number of pyridine rings is 1. The molecule has 43 heavy (non-hydrogen) atoms. The molecule has 0 bridgehead atoms. The van der Waals surface area contributed by atoms with E-state index in [4.69, 9.17) is 12.2 Å². The maximum atomic E-state index is 13.2. The minimum Gasteiger partial charge on any atom is -0.478 e. The molecule has 0 radical (unpaired) electrons. The van der Waals surface area contributed by atoms with Crippen LogP contribution in [0.3, 0.4) is 0 Å². The highest BCUT2D eigenvalue weighted by Crippen LogP contribution is 2.41. The van der Waals surface area contributed by atoms with Crippen molar-refractivity contribution in [3.8, 4) is 5.69 Å². The van der Waals surface area contributed by atoms with E-state index in [1.54, 1.807) is 18.3 Å². The van der Waals surface area contributed by atoms with Gasteiger partial charge in [-0.3, -0.25) is 9.78 Å². The number of thiocarbonyl (C=S) groups is 1. The van der Waals surface area contributed by atoms with Crippen molar-refractivity contribution in [2.24, 2.45) is 0 Å². The van der Waals surface area contributed by atoms with Crippen molar-refractivity contribution in [3.63, 3.8) is 0 Å². The van der Waals surface area contributed by atoms with Crippen molar-refractivity contribution in [1.29, 1.82) is 0 Å². The predicted octanol–water partition coefficient (Wildman–Crippen LogP) is 6.34. The van der Waals surface area contributed by atoms with Crippen LogP contribution in [0.5, 0.6) is 0 Å². The molecule has 2 aromatic heterocycles. The third-order valence-corrected chi connectivity index (χ3v) is 8.36. The number of rotatable bonds is 8. The third-order valence-electron chi connectivity index (χ3n) is 8.00. The molecule has 1 saturated heterocycles. The van der Waals surface area contributed by atoms with Gasteiger partial charge in [-0.15, -0.1) is 0 Å². The van der Waals surface area contributed by atoms with Crippen LogP contribution in [0, 0.1) is 13.8 Å². The minimum atomic E-state index is -0.961. The summed E-state index contributed by atoms with van der Waals surface area (Å²) < 4.78 is 2.11. The number of aryl methyl sites for hydroxylation is 1. The first kappa shape index (κ1) is 28.1. The number of nitrogens with zero attached hydrogens (tertiary/aromatic N) is 3. The van der Waals surface area contributed by atoms with Crippen LogP contribution >= 0.6 is 12.2 Å². The number of hydrogen-bond acceptors (Lipinski definition) is 4. The van der Waals surface area contributed by atoms with Gasteiger partial charge in [0.25, 0.3) is 0 Å². The number of aromatic carboxylic acids is 1. The third kappa shape index (κ3) is 5.47. The van der Waals surface area contributed by atoms with E-state index >= 15 is 0 Å². The molecule has 9 heteroatoms. The Hall–Kier alpha value is -5.02. The monoisotopic (exact) mass is 589 g/mol. The van der Waals surface area contributed by atoms with E-state index in [1.165, 1.54) is 0 Å². The van der Waals surface area contributed by atoms with Crippen molar-refractivity contribution in [2.45, 2.75) is 32.4 Å². The van der Waals surface area contributed by atoms with Crippen LogP contribution in [0.2, 0.25) is 0 Å². The molecule has 1 fully saturated rings. The van der Waals surface area contributed by atoms with Gasteiger partial charge in [0.2, 0.25) is 5.91 Å². The van der Waals surface area contributed by atoms with Crippen LogP contribution in [0.15, 0.2) is 97.2 Å². The van der Waals surface area contributed by atoms with Crippen LogP contribution in [0.25, 0.3) is 16.5 Å². The summed E-state index contributed by atoms with van der Waals surface area (Å²) in [6.07, 6.45) is 2.01. The maximum Gasteiger partial charge on any atom is 0.335 e. The SMILES string of the molecule is Cc1cc([C@@H]2[C@H](c3ccccn3)NC(=S)N2CCC(=O)Nc2cccc3ccccc23)c(C)n1-c1ccc(C(=O)O)cc1. The average Bonchev–Trinajstić information content (AvgIpc) is 3.50. The smallest absolute Gasteiger partial charge is 0.335 e. The van der Waals surface area contributed by atoms with Gasteiger partial charge in [-0.2, -0.15) is 0 Å². The zero-order valence-corrected chi connectivity index (χ0v) is 24.6. The lowest BCUT2D eigenvalue weighted by Gasteiger charge is -2.28. The second-order valence-electron chi connectivity index (χ2n) is 10.7.